The fraction of sp³-hybridized carbons (Fsp3) is 0.545. The summed E-state index contributed by atoms with van der Waals surface area (Å²) in [4.78, 5) is 3.90. The Labute approximate surface area is 94.5 Å². The highest BCUT2D eigenvalue weighted by Gasteiger charge is 2.30. The molecule has 82 valence electrons. The molecule has 1 aromatic heterocycles. The molecule has 0 atom stereocenters. The highest BCUT2D eigenvalue weighted by Crippen LogP contribution is 2.29. The van der Waals surface area contributed by atoms with Crippen LogP contribution in [-0.4, -0.2) is 22.2 Å². The zero-order valence-corrected chi connectivity index (χ0v) is 9.30. The molecule has 0 spiro atoms. The van der Waals surface area contributed by atoms with Crippen molar-refractivity contribution in [1.29, 1.82) is 0 Å². The van der Waals surface area contributed by atoms with Crippen LogP contribution in [0, 0.1) is 0 Å². The summed E-state index contributed by atoms with van der Waals surface area (Å²) in [5.41, 5.74) is 0.380. The predicted molar refractivity (Wildman–Crippen MR) is 61.2 cm³/mol. The molecular formula is C11H15ClN2O. The molecule has 0 aliphatic heterocycles. The second kappa shape index (κ2) is 4.37. The van der Waals surface area contributed by atoms with E-state index in [2.05, 4.69) is 10.3 Å². The zero-order chi connectivity index (χ0) is 10.7. The lowest BCUT2D eigenvalue weighted by Gasteiger charge is -2.22. The maximum Gasteiger partial charge on any atom is 0.131 e. The van der Waals surface area contributed by atoms with Gasteiger partial charge in [-0.15, -0.1) is 0 Å². The lowest BCUT2D eigenvalue weighted by Crippen LogP contribution is -2.33. The third-order valence-corrected chi connectivity index (χ3v) is 3.09. The van der Waals surface area contributed by atoms with Gasteiger partial charge in [0.15, 0.2) is 0 Å². The molecule has 0 saturated heterocycles. The molecule has 0 bridgehead atoms. The number of pyridine rings is 1. The maximum atomic E-state index is 10.1. The van der Waals surface area contributed by atoms with Gasteiger partial charge < -0.3 is 10.4 Å². The van der Waals surface area contributed by atoms with Gasteiger partial charge in [-0.1, -0.05) is 24.4 Å². The van der Waals surface area contributed by atoms with Gasteiger partial charge >= 0.3 is 0 Å². The Morgan fingerprint density at radius 3 is 2.87 bits per heavy atom. The molecule has 0 radical (unpaired) electrons. The summed E-state index contributed by atoms with van der Waals surface area (Å²) in [5, 5.41) is 13.8. The molecule has 0 unspecified atom stereocenters. The van der Waals surface area contributed by atoms with Crippen LogP contribution in [0.1, 0.15) is 25.7 Å². The normalized spacial score (nSPS) is 19.1. The van der Waals surface area contributed by atoms with E-state index in [0.717, 1.165) is 31.4 Å². The zero-order valence-electron chi connectivity index (χ0n) is 8.54. The quantitative estimate of drug-likeness (QED) is 0.779. The van der Waals surface area contributed by atoms with Gasteiger partial charge in [-0.25, -0.2) is 4.98 Å². The van der Waals surface area contributed by atoms with Gasteiger partial charge in [0.2, 0.25) is 0 Å². The Morgan fingerprint density at radius 1 is 1.47 bits per heavy atom. The van der Waals surface area contributed by atoms with Gasteiger partial charge in [-0.05, 0) is 25.0 Å². The maximum absolute atomic E-state index is 10.1. The van der Waals surface area contributed by atoms with E-state index in [4.69, 9.17) is 11.6 Å². The van der Waals surface area contributed by atoms with Gasteiger partial charge in [-0.3, -0.25) is 0 Å². The van der Waals surface area contributed by atoms with Crippen molar-refractivity contribution in [2.75, 3.05) is 11.9 Å². The molecule has 0 aromatic carbocycles. The van der Waals surface area contributed by atoms with Crippen LogP contribution in [0.2, 0.25) is 5.15 Å². The van der Waals surface area contributed by atoms with Crippen LogP contribution in [-0.2, 0) is 0 Å². The highest BCUT2D eigenvalue weighted by molar-refractivity contribution is 6.29. The molecule has 1 fully saturated rings. The van der Waals surface area contributed by atoms with Crippen LogP contribution >= 0.6 is 11.6 Å². The number of rotatable bonds is 3. The minimum atomic E-state index is -0.532. The van der Waals surface area contributed by atoms with Crippen molar-refractivity contribution in [3.63, 3.8) is 0 Å². The number of hydrogen-bond donors (Lipinski definition) is 2. The smallest absolute Gasteiger partial charge is 0.131 e. The molecule has 1 aromatic rings. The van der Waals surface area contributed by atoms with E-state index in [-0.39, 0.29) is 0 Å². The first kappa shape index (κ1) is 10.7. The van der Waals surface area contributed by atoms with Gasteiger partial charge in [-0.2, -0.15) is 0 Å². The summed E-state index contributed by atoms with van der Waals surface area (Å²) >= 11 is 5.76. The largest absolute Gasteiger partial charge is 0.388 e. The van der Waals surface area contributed by atoms with Crippen LogP contribution in [0.3, 0.4) is 0 Å². The Morgan fingerprint density at radius 2 is 2.20 bits per heavy atom. The van der Waals surface area contributed by atoms with Crippen LogP contribution in [0.5, 0.6) is 0 Å². The molecule has 0 amide bonds. The Bertz CT molecular complexity index is 337. The van der Waals surface area contributed by atoms with Crippen molar-refractivity contribution in [3.05, 3.63) is 23.5 Å². The summed E-state index contributed by atoms with van der Waals surface area (Å²) < 4.78 is 0. The molecule has 2 rings (SSSR count). The topological polar surface area (TPSA) is 45.1 Å². The molecule has 15 heavy (non-hydrogen) atoms. The van der Waals surface area contributed by atoms with Crippen molar-refractivity contribution in [1.82, 2.24) is 4.98 Å². The van der Waals surface area contributed by atoms with E-state index in [1.54, 1.807) is 12.3 Å². The summed E-state index contributed by atoms with van der Waals surface area (Å²) in [6, 6.07) is 3.62. The Hall–Kier alpha value is -0.800. The van der Waals surface area contributed by atoms with Gasteiger partial charge in [0.05, 0.1) is 5.60 Å². The molecule has 2 N–H and O–H groups in total. The average Bonchev–Trinajstić information content (AvgIpc) is 2.63. The fourth-order valence-electron chi connectivity index (χ4n) is 1.99. The van der Waals surface area contributed by atoms with E-state index in [1.807, 2.05) is 6.07 Å². The highest BCUT2D eigenvalue weighted by atomic mass is 35.5. The molecule has 3 nitrogen and oxygen atoms in total. The number of hydrogen-bond acceptors (Lipinski definition) is 3. The lowest BCUT2D eigenvalue weighted by atomic mass is 10.0. The van der Waals surface area contributed by atoms with Gasteiger partial charge in [0, 0.05) is 18.4 Å². The third-order valence-electron chi connectivity index (χ3n) is 2.88. The number of nitrogens with zero attached hydrogens (tertiary/aromatic N) is 1. The first-order valence-electron chi connectivity index (χ1n) is 5.26. The van der Waals surface area contributed by atoms with Gasteiger partial charge in [0.1, 0.15) is 5.15 Å². The van der Waals surface area contributed by atoms with Crippen molar-refractivity contribution in [2.24, 2.45) is 0 Å². The lowest BCUT2D eigenvalue weighted by molar-refractivity contribution is 0.0615. The van der Waals surface area contributed by atoms with Crippen molar-refractivity contribution in [2.45, 2.75) is 31.3 Å². The second-order valence-electron chi connectivity index (χ2n) is 4.15. The number of halogens is 1. The van der Waals surface area contributed by atoms with Crippen LogP contribution in [0.4, 0.5) is 5.69 Å². The minimum Gasteiger partial charge on any atom is -0.388 e. The molecule has 4 heteroatoms. The SMILES string of the molecule is OC1(CNc2ccnc(Cl)c2)CCCC1. The van der Waals surface area contributed by atoms with Crippen LogP contribution in [0.15, 0.2) is 18.3 Å². The van der Waals surface area contributed by atoms with E-state index in [0.29, 0.717) is 11.7 Å². The standard InChI is InChI=1S/C11H15ClN2O/c12-10-7-9(3-6-13-10)14-8-11(15)4-1-2-5-11/h3,6-7,15H,1-2,4-5,8H2,(H,13,14). The number of aromatic nitrogens is 1. The predicted octanol–water partition coefficient (Wildman–Crippen LogP) is 2.45. The summed E-state index contributed by atoms with van der Waals surface area (Å²) in [7, 11) is 0. The first-order chi connectivity index (χ1) is 7.18. The van der Waals surface area contributed by atoms with Crippen molar-refractivity contribution >= 4 is 17.3 Å². The molecule has 1 aliphatic rings. The number of anilines is 1. The summed E-state index contributed by atoms with van der Waals surface area (Å²) in [5.74, 6) is 0. The van der Waals surface area contributed by atoms with Gasteiger partial charge in [0.25, 0.3) is 0 Å². The Balaban J connectivity index is 1.92. The number of aliphatic hydroxyl groups is 1. The Kier molecular flexibility index (Phi) is 3.12. The van der Waals surface area contributed by atoms with E-state index < -0.39 is 5.60 Å². The molecule has 1 saturated carbocycles. The van der Waals surface area contributed by atoms with Crippen LogP contribution < -0.4 is 5.32 Å². The monoisotopic (exact) mass is 226 g/mol. The summed E-state index contributed by atoms with van der Waals surface area (Å²) in [6.45, 7) is 0.591. The van der Waals surface area contributed by atoms with E-state index >= 15 is 0 Å². The van der Waals surface area contributed by atoms with Crippen LogP contribution in [0.25, 0.3) is 0 Å². The van der Waals surface area contributed by atoms with Crippen molar-refractivity contribution < 1.29 is 5.11 Å². The second-order valence-corrected chi connectivity index (χ2v) is 4.54. The van der Waals surface area contributed by atoms with E-state index in [1.165, 1.54) is 0 Å². The average molecular weight is 227 g/mol. The number of nitrogens with one attached hydrogen (secondary N) is 1. The summed E-state index contributed by atoms with van der Waals surface area (Å²) in [6.07, 6.45) is 5.67. The molecule has 1 aliphatic carbocycles. The van der Waals surface area contributed by atoms with Crippen molar-refractivity contribution in [3.8, 4) is 0 Å². The first-order valence-corrected chi connectivity index (χ1v) is 5.64. The minimum absolute atomic E-state index is 0.471. The third kappa shape index (κ3) is 2.83. The molecular weight excluding hydrogens is 212 g/mol. The molecule has 1 heterocycles. The van der Waals surface area contributed by atoms with E-state index in [9.17, 15) is 5.11 Å². The fourth-order valence-corrected chi connectivity index (χ4v) is 2.16.